The van der Waals surface area contributed by atoms with Gasteiger partial charge in [0.2, 0.25) is 17.7 Å². The molecule has 8 heteroatoms. The number of nitrogens with two attached hydrogens (primary N) is 1. The van der Waals surface area contributed by atoms with Gasteiger partial charge in [0.1, 0.15) is 17.1 Å². The number of hydrogen-bond donors (Lipinski definition) is 3. The lowest BCUT2D eigenvalue weighted by atomic mass is 9.67. The first-order valence-corrected chi connectivity index (χ1v) is 8.38. The number of amides is 1. The van der Waals surface area contributed by atoms with Crippen LogP contribution < -0.4 is 15.8 Å². The van der Waals surface area contributed by atoms with Crippen LogP contribution in [0.15, 0.2) is 29.7 Å². The third-order valence-corrected chi connectivity index (χ3v) is 5.01. The molecule has 1 atom stereocenters. The predicted octanol–water partition coefficient (Wildman–Crippen LogP) is 2.69. The zero-order chi connectivity index (χ0) is 18.9. The van der Waals surface area contributed by atoms with Crippen molar-refractivity contribution < 1.29 is 9.53 Å². The van der Waals surface area contributed by atoms with Gasteiger partial charge in [0.05, 0.1) is 5.56 Å². The van der Waals surface area contributed by atoms with Gasteiger partial charge in [-0.1, -0.05) is 32.4 Å². The number of nitrogens with one attached hydrogen (secondary N) is 2. The molecule has 1 aromatic carbocycles. The molecule has 4 rings (SSSR count). The van der Waals surface area contributed by atoms with Crippen molar-refractivity contribution in [2.24, 2.45) is 5.73 Å². The van der Waals surface area contributed by atoms with Crippen molar-refractivity contribution in [1.29, 1.82) is 5.26 Å². The van der Waals surface area contributed by atoms with Crippen molar-refractivity contribution in [2.45, 2.75) is 31.6 Å². The van der Waals surface area contributed by atoms with Crippen LogP contribution in [0.25, 0.3) is 0 Å². The van der Waals surface area contributed by atoms with Gasteiger partial charge in [-0.25, -0.2) is 0 Å². The molecule has 0 aliphatic carbocycles. The first-order chi connectivity index (χ1) is 12.2. The Morgan fingerprint density at radius 2 is 2.12 bits per heavy atom. The van der Waals surface area contributed by atoms with E-state index in [0.717, 1.165) is 0 Å². The number of benzene rings is 1. The van der Waals surface area contributed by atoms with Gasteiger partial charge in [-0.15, -0.1) is 5.10 Å². The predicted molar refractivity (Wildman–Crippen MR) is 95.6 cm³/mol. The van der Waals surface area contributed by atoms with E-state index in [1.165, 1.54) is 0 Å². The summed E-state index contributed by atoms with van der Waals surface area (Å²) in [5.41, 5.74) is 6.51. The Morgan fingerprint density at radius 3 is 2.77 bits per heavy atom. The number of rotatable bonds is 0. The Morgan fingerprint density at radius 1 is 1.38 bits per heavy atom. The van der Waals surface area contributed by atoms with E-state index >= 15 is 0 Å². The highest BCUT2D eigenvalue weighted by Gasteiger charge is 2.59. The number of aromatic amines is 1. The summed E-state index contributed by atoms with van der Waals surface area (Å²) in [5, 5.41) is 20.3. The summed E-state index contributed by atoms with van der Waals surface area (Å²) >= 11 is 6.21. The minimum Gasteiger partial charge on any atom is -0.420 e. The Labute approximate surface area is 154 Å². The molecule has 0 saturated carbocycles. The molecule has 0 bridgehead atoms. The van der Waals surface area contributed by atoms with Crippen LogP contribution >= 0.6 is 11.6 Å². The molecular weight excluding hydrogens is 354 g/mol. The normalized spacial score (nSPS) is 21.1. The second-order valence-electron chi connectivity index (χ2n) is 7.38. The summed E-state index contributed by atoms with van der Waals surface area (Å²) < 4.78 is 5.57. The second-order valence-corrected chi connectivity index (χ2v) is 7.81. The molecule has 3 heterocycles. The number of H-pyrrole nitrogens is 1. The van der Waals surface area contributed by atoms with Crippen molar-refractivity contribution in [3.05, 3.63) is 51.5 Å². The zero-order valence-electron chi connectivity index (χ0n) is 14.4. The van der Waals surface area contributed by atoms with Gasteiger partial charge in [-0.3, -0.25) is 9.89 Å². The van der Waals surface area contributed by atoms with Crippen molar-refractivity contribution in [2.75, 3.05) is 5.32 Å². The number of hydrogen-bond acceptors (Lipinski definition) is 5. The highest BCUT2D eigenvalue weighted by atomic mass is 35.5. The number of ether oxygens (including phenoxy) is 1. The summed E-state index contributed by atoms with van der Waals surface area (Å²) in [5.74, 6) is -0.338. The first kappa shape index (κ1) is 16.5. The molecule has 0 radical (unpaired) electrons. The standard InChI is InChI=1S/C18H16ClN5O2/c1-17(2,3)13-12-15(24-23-13)26-14(21)10(7-20)18(12)9-6-8(19)4-5-11(9)22-16(18)25/h4-6H,21H2,1-3H3,(H,22,25)(H,23,24)/t18-/m0/s1. The molecule has 1 aromatic heterocycles. The van der Waals surface area contributed by atoms with Crippen molar-refractivity contribution in [3.8, 4) is 11.9 Å². The minimum absolute atomic E-state index is 0.0235. The fourth-order valence-corrected chi connectivity index (χ4v) is 3.84. The quantitative estimate of drug-likeness (QED) is 0.660. The van der Waals surface area contributed by atoms with E-state index in [1.54, 1.807) is 18.2 Å². The number of nitrogens with zero attached hydrogens (tertiary/aromatic N) is 2. The molecular formula is C18H16ClN5O2. The van der Waals surface area contributed by atoms with Crippen molar-refractivity contribution in [3.63, 3.8) is 0 Å². The highest BCUT2D eigenvalue weighted by molar-refractivity contribution is 6.31. The van der Waals surface area contributed by atoms with Gasteiger partial charge in [0.25, 0.3) is 0 Å². The van der Waals surface area contributed by atoms with E-state index in [9.17, 15) is 10.1 Å². The Kier molecular flexibility index (Phi) is 3.18. The van der Waals surface area contributed by atoms with E-state index in [0.29, 0.717) is 27.5 Å². The number of anilines is 1. The number of nitriles is 1. The van der Waals surface area contributed by atoms with E-state index in [1.807, 2.05) is 20.8 Å². The smallest absolute Gasteiger partial charge is 0.245 e. The number of carbonyl (C=O) groups excluding carboxylic acids is 1. The third kappa shape index (κ3) is 1.88. The SMILES string of the molecule is CC(C)(C)c1[nH]nc2c1[C@@]1(C(=O)Nc3ccc(Cl)cc31)C(C#N)=C(N)O2. The molecule has 132 valence electrons. The maximum Gasteiger partial charge on any atom is 0.245 e. The molecule has 0 saturated heterocycles. The van der Waals surface area contributed by atoms with Gasteiger partial charge >= 0.3 is 0 Å². The summed E-state index contributed by atoms with van der Waals surface area (Å²) in [7, 11) is 0. The molecule has 2 aliphatic heterocycles. The number of fused-ring (bicyclic) bond motifs is 4. The number of carbonyl (C=O) groups is 1. The third-order valence-electron chi connectivity index (χ3n) is 4.77. The van der Waals surface area contributed by atoms with Crippen LogP contribution in [0.5, 0.6) is 5.88 Å². The molecule has 0 fully saturated rings. The van der Waals surface area contributed by atoms with E-state index in [2.05, 4.69) is 21.6 Å². The topological polar surface area (TPSA) is 117 Å². The van der Waals surface area contributed by atoms with Crippen LogP contribution in [0.4, 0.5) is 5.69 Å². The molecule has 4 N–H and O–H groups in total. The molecule has 0 unspecified atom stereocenters. The summed E-state index contributed by atoms with van der Waals surface area (Å²) in [6.45, 7) is 5.94. The minimum atomic E-state index is -1.46. The van der Waals surface area contributed by atoms with Crippen molar-refractivity contribution >= 4 is 23.2 Å². The molecule has 7 nitrogen and oxygen atoms in total. The van der Waals surface area contributed by atoms with Gasteiger partial charge in [0, 0.05) is 27.4 Å². The Hall–Kier alpha value is -2.98. The van der Waals surface area contributed by atoms with Gasteiger partial charge in [-0.05, 0) is 18.2 Å². The average Bonchev–Trinajstić information content (AvgIpc) is 3.09. The van der Waals surface area contributed by atoms with E-state index < -0.39 is 5.41 Å². The van der Waals surface area contributed by atoms with Gasteiger partial charge < -0.3 is 15.8 Å². The summed E-state index contributed by atoms with van der Waals surface area (Å²) in [6, 6.07) is 7.13. The van der Waals surface area contributed by atoms with Gasteiger partial charge in [0.15, 0.2) is 0 Å². The summed E-state index contributed by atoms with van der Waals surface area (Å²) in [6.07, 6.45) is 0. The highest BCUT2D eigenvalue weighted by Crippen LogP contribution is 2.55. The molecule has 2 aromatic rings. The molecule has 1 amide bonds. The maximum absolute atomic E-state index is 13.3. The molecule has 2 aliphatic rings. The lowest BCUT2D eigenvalue weighted by Crippen LogP contribution is -2.43. The first-order valence-electron chi connectivity index (χ1n) is 8.00. The van der Waals surface area contributed by atoms with Crippen LogP contribution in [-0.4, -0.2) is 16.1 Å². The van der Waals surface area contributed by atoms with Crippen LogP contribution in [0.3, 0.4) is 0 Å². The molecule has 26 heavy (non-hydrogen) atoms. The van der Waals surface area contributed by atoms with Crippen LogP contribution in [-0.2, 0) is 15.6 Å². The largest absolute Gasteiger partial charge is 0.420 e. The Balaban J connectivity index is 2.18. The number of halogens is 1. The van der Waals surface area contributed by atoms with Gasteiger partial charge in [-0.2, -0.15) is 5.26 Å². The van der Waals surface area contributed by atoms with E-state index in [4.69, 9.17) is 22.1 Å². The van der Waals surface area contributed by atoms with E-state index in [-0.39, 0.29) is 28.7 Å². The number of aromatic nitrogens is 2. The summed E-state index contributed by atoms with van der Waals surface area (Å²) in [4.78, 5) is 13.3. The van der Waals surface area contributed by atoms with Crippen LogP contribution in [0.2, 0.25) is 5.02 Å². The van der Waals surface area contributed by atoms with Crippen LogP contribution in [0.1, 0.15) is 37.6 Å². The lowest BCUT2D eigenvalue weighted by Gasteiger charge is -2.34. The second kappa shape index (κ2) is 5.02. The molecule has 1 spiro atoms. The van der Waals surface area contributed by atoms with Crippen molar-refractivity contribution in [1.82, 2.24) is 10.2 Å². The fourth-order valence-electron chi connectivity index (χ4n) is 3.66. The average molecular weight is 370 g/mol. The van der Waals surface area contributed by atoms with Crippen LogP contribution in [0, 0.1) is 11.3 Å². The Bertz CT molecular complexity index is 1040. The fraction of sp³-hybridized carbons (Fsp3) is 0.278. The zero-order valence-corrected chi connectivity index (χ0v) is 15.2. The monoisotopic (exact) mass is 369 g/mol. The lowest BCUT2D eigenvalue weighted by molar-refractivity contribution is -0.118. The maximum atomic E-state index is 13.3.